The number of hydrogen-bond donors (Lipinski definition) is 1. The smallest absolute Gasteiger partial charge is 0.328 e. The maximum atomic E-state index is 14.3. The predicted octanol–water partition coefficient (Wildman–Crippen LogP) is 4.35. The van der Waals surface area contributed by atoms with Gasteiger partial charge in [0.1, 0.15) is 11.8 Å². The quantitative estimate of drug-likeness (QED) is 0.410. The molecule has 0 radical (unpaired) electrons. The number of ether oxygens (including phenoxy) is 1. The first-order valence-corrected chi connectivity index (χ1v) is 10.4. The van der Waals surface area contributed by atoms with Crippen LogP contribution in [0.1, 0.15) is 12.5 Å². The van der Waals surface area contributed by atoms with E-state index < -0.39 is 11.5 Å². The molecule has 32 heavy (non-hydrogen) atoms. The Morgan fingerprint density at radius 2 is 2.00 bits per heavy atom. The second-order valence-electron chi connectivity index (χ2n) is 6.95. The molecule has 3 heterocycles. The fraction of sp³-hybridized carbons (Fsp3) is 0.143. The van der Waals surface area contributed by atoms with Crippen molar-refractivity contribution >= 4 is 45.4 Å². The number of fused-ring (bicyclic) bond motifs is 2. The number of benzene rings is 2. The lowest BCUT2D eigenvalue weighted by Crippen LogP contribution is -2.18. The van der Waals surface area contributed by atoms with Gasteiger partial charge in [-0.05, 0) is 25.1 Å². The highest BCUT2D eigenvalue weighted by molar-refractivity contribution is 6.42. The molecule has 0 bridgehead atoms. The number of rotatable bonds is 5. The SMILES string of the molecule is CCOc1c(F)cccc1Cn1c(=O)[nH]c2cnc(-n3cnc4cc(Cl)c(Cl)cc43)nc21. The summed E-state index contributed by atoms with van der Waals surface area (Å²) < 4.78 is 22.8. The molecule has 0 unspecified atom stereocenters. The number of nitrogens with one attached hydrogen (secondary N) is 1. The first-order chi connectivity index (χ1) is 15.5. The standard InChI is InChI=1S/C21H15Cl2FN6O2/c1-2-32-18-11(4-3-5-14(18)24)9-29-19-16(27-21(29)31)8-25-20(28-19)30-10-26-15-6-12(22)13(23)7-17(15)30/h3-8,10H,2,9H2,1H3,(H,27,31). The molecule has 3 aromatic heterocycles. The monoisotopic (exact) mass is 472 g/mol. The van der Waals surface area contributed by atoms with Crippen molar-refractivity contribution in [2.75, 3.05) is 6.61 Å². The molecule has 0 fully saturated rings. The Bertz CT molecular complexity index is 1540. The van der Waals surface area contributed by atoms with Crippen LogP contribution in [0, 0.1) is 5.82 Å². The molecular weight excluding hydrogens is 458 g/mol. The van der Waals surface area contributed by atoms with E-state index in [1.165, 1.54) is 16.8 Å². The van der Waals surface area contributed by atoms with Gasteiger partial charge in [0, 0.05) is 5.56 Å². The molecule has 0 saturated carbocycles. The van der Waals surface area contributed by atoms with Gasteiger partial charge in [0.2, 0.25) is 5.95 Å². The number of aromatic amines is 1. The average Bonchev–Trinajstić information content (AvgIpc) is 3.31. The maximum Gasteiger partial charge on any atom is 0.328 e. The number of aromatic nitrogens is 6. The lowest BCUT2D eigenvalue weighted by atomic mass is 10.2. The third kappa shape index (κ3) is 3.39. The van der Waals surface area contributed by atoms with Crippen molar-refractivity contribution in [3.63, 3.8) is 0 Å². The van der Waals surface area contributed by atoms with Crippen molar-refractivity contribution in [3.05, 3.63) is 74.8 Å². The van der Waals surface area contributed by atoms with E-state index in [-0.39, 0.29) is 18.2 Å². The lowest BCUT2D eigenvalue weighted by molar-refractivity contribution is 0.317. The minimum atomic E-state index is -0.493. The normalized spacial score (nSPS) is 11.5. The zero-order chi connectivity index (χ0) is 22.4. The Labute approximate surface area is 190 Å². The Kier molecular flexibility index (Phi) is 5.07. The van der Waals surface area contributed by atoms with Crippen LogP contribution in [0.2, 0.25) is 10.0 Å². The van der Waals surface area contributed by atoms with Crippen LogP contribution in [-0.2, 0) is 6.54 Å². The topological polar surface area (TPSA) is 90.6 Å². The van der Waals surface area contributed by atoms with Crippen molar-refractivity contribution in [1.29, 1.82) is 0 Å². The fourth-order valence-electron chi connectivity index (χ4n) is 3.52. The van der Waals surface area contributed by atoms with E-state index in [1.54, 1.807) is 42.1 Å². The van der Waals surface area contributed by atoms with E-state index in [9.17, 15) is 9.18 Å². The van der Waals surface area contributed by atoms with Crippen LogP contribution in [0.5, 0.6) is 5.75 Å². The minimum Gasteiger partial charge on any atom is -0.490 e. The number of nitrogens with zero attached hydrogens (tertiary/aromatic N) is 5. The first kappa shape index (κ1) is 20.5. The molecule has 11 heteroatoms. The molecule has 0 spiro atoms. The summed E-state index contributed by atoms with van der Waals surface area (Å²) in [7, 11) is 0. The molecule has 5 aromatic rings. The zero-order valence-electron chi connectivity index (χ0n) is 16.6. The summed E-state index contributed by atoms with van der Waals surface area (Å²) in [6.07, 6.45) is 3.06. The Balaban J connectivity index is 1.64. The number of para-hydroxylation sites is 1. The van der Waals surface area contributed by atoms with Gasteiger partial charge in [-0.3, -0.25) is 9.13 Å². The molecule has 0 amide bonds. The van der Waals surface area contributed by atoms with E-state index in [0.717, 1.165) is 0 Å². The van der Waals surface area contributed by atoms with E-state index in [1.807, 2.05) is 0 Å². The van der Waals surface area contributed by atoms with Gasteiger partial charge in [0.05, 0.1) is 40.4 Å². The number of H-pyrrole nitrogens is 1. The van der Waals surface area contributed by atoms with E-state index in [0.29, 0.717) is 44.4 Å². The van der Waals surface area contributed by atoms with Crippen molar-refractivity contribution < 1.29 is 9.13 Å². The Hall–Kier alpha value is -3.43. The van der Waals surface area contributed by atoms with Crippen molar-refractivity contribution in [3.8, 4) is 11.7 Å². The molecule has 0 atom stereocenters. The summed E-state index contributed by atoms with van der Waals surface area (Å²) in [5.74, 6) is -0.0963. The summed E-state index contributed by atoms with van der Waals surface area (Å²) in [5.41, 5.74) is 2.20. The molecule has 8 nitrogen and oxygen atoms in total. The van der Waals surface area contributed by atoms with Crippen LogP contribution >= 0.6 is 23.2 Å². The third-order valence-electron chi connectivity index (χ3n) is 4.97. The number of hydrogen-bond acceptors (Lipinski definition) is 5. The van der Waals surface area contributed by atoms with Gasteiger partial charge in [-0.2, -0.15) is 4.98 Å². The Morgan fingerprint density at radius 1 is 1.19 bits per heavy atom. The van der Waals surface area contributed by atoms with Gasteiger partial charge in [-0.15, -0.1) is 0 Å². The van der Waals surface area contributed by atoms with E-state index in [4.69, 9.17) is 27.9 Å². The van der Waals surface area contributed by atoms with Gasteiger partial charge >= 0.3 is 5.69 Å². The largest absolute Gasteiger partial charge is 0.490 e. The van der Waals surface area contributed by atoms with Crippen LogP contribution in [0.4, 0.5) is 4.39 Å². The number of imidazole rings is 2. The van der Waals surface area contributed by atoms with Crippen molar-refractivity contribution in [2.45, 2.75) is 13.5 Å². The summed E-state index contributed by atoms with van der Waals surface area (Å²) in [6, 6.07) is 7.91. The van der Waals surface area contributed by atoms with Crippen LogP contribution in [0.3, 0.4) is 0 Å². The second kappa shape index (κ2) is 7.92. The minimum absolute atomic E-state index is 0.0640. The molecule has 0 aliphatic carbocycles. The van der Waals surface area contributed by atoms with Gasteiger partial charge in [-0.1, -0.05) is 35.3 Å². The summed E-state index contributed by atoms with van der Waals surface area (Å²) in [5, 5.41) is 0.760. The number of halogens is 3. The highest BCUT2D eigenvalue weighted by atomic mass is 35.5. The Morgan fingerprint density at radius 3 is 2.81 bits per heavy atom. The summed E-state index contributed by atoms with van der Waals surface area (Å²) in [4.78, 5) is 28.6. The zero-order valence-corrected chi connectivity index (χ0v) is 18.2. The first-order valence-electron chi connectivity index (χ1n) is 9.64. The van der Waals surface area contributed by atoms with Crippen LogP contribution in [0.15, 0.2) is 47.7 Å². The van der Waals surface area contributed by atoms with Crippen LogP contribution in [-0.4, -0.2) is 35.7 Å². The molecule has 162 valence electrons. The van der Waals surface area contributed by atoms with Gasteiger partial charge < -0.3 is 9.72 Å². The highest BCUT2D eigenvalue weighted by Crippen LogP contribution is 2.28. The van der Waals surface area contributed by atoms with Crippen LogP contribution in [0.25, 0.3) is 28.1 Å². The summed E-state index contributed by atoms with van der Waals surface area (Å²) in [6.45, 7) is 2.13. The van der Waals surface area contributed by atoms with Crippen molar-refractivity contribution in [2.24, 2.45) is 0 Å². The van der Waals surface area contributed by atoms with E-state index >= 15 is 0 Å². The molecule has 2 aromatic carbocycles. The van der Waals surface area contributed by atoms with Gasteiger partial charge in [-0.25, -0.2) is 19.2 Å². The van der Waals surface area contributed by atoms with Crippen LogP contribution < -0.4 is 10.4 Å². The van der Waals surface area contributed by atoms with Crippen molar-refractivity contribution in [1.82, 2.24) is 29.1 Å². The molecule has 5 rings (SSSR count). The average molecular weight is 473 g/mol. The third-order valence-corrected chi connectivity index (χ3v) is 5.69. The molecule has 0 aliphatic heterocycles. The molecular formula is C21H15Cl2FN6O2. The lowest BCUT2D eigenvalue weighted by Gasteiger charge is -2.11. The summed E-state index contributed by atoms with van der Waals surface area (Å²) >= 11 is 12.2. The molecule has 0 aliphatic rings. The fourth-order valence-corrected chi connectivity index (χ4v) is 3.83. The molecule has 1 N–H and O–H groups in total. The predicted molar refractivity (Wildman–Crippen MR) is 119 cm³/mol. The molecule has 0 saturated heterocycles. The second-order valence-corrected chi connectivity index (χ2v) is 7.77. The van der Waals surface area contributed by atoms with E-state index in [2.05, 4.69) is 19.9 Å². The maximum absolute atomic E-state index is 14.3. The highest BCUT2D eigenvalue weighted by Gasteiger charge is 2.17. The van der Waals surface area contributed by atoms with Gasteiger partial charge in [0.15, 0.2) is 17.2 Å². The van der Waals surface area contributed by atoms with Gasteiger partial charge in [0.25, 0.3) is 0 Å².